The van der Waals surface area contributed by atoms with E-state index in [2.05, 4.69) is 5.32 Å². The van der Waals surface area contributed by atoms with Crippen LogP contribution in [0.1, 0.15) is 18.4 Å². The molecule has 1 aliphatic heterocycles. The molecule has 0 atom stereocenters. The number of amides is 1. The summed E-state index contributed by atoms with van der Waals surface area (Å²) < 4.78 is 32.2. The first-order chi connectivity index (χ1) is 13.4. The quantitative estimate of drug-likeness (QED) is 0.763. The van der Waals surface area contributed by atoms with Gasteiger partial charge in [0.25, 0.3) is 0 Å². The molecule has 2 N–H and O–H groups in total. The minimum absolute atomic E-state index is 0.00748. The van der Waals surface area contributed by atoms with Crippen molar-refractivity contribution in [1.29, 1.82) is 0 Å². The number of nitrogens with zero attached hydrogens (tertiary/aromatic N) is 1. The molecule has 2 aromatic carbocycles. The first-order valence-electron chi connectivity index (χ1n) is 9.27. The summed E-state index contributed by atoms with van der Waals surface area (Å²) in [6, 6.07) is 12.2. The van der Waals surface area contributed by atoms with E-state index in [1.165, 1.54) is 24.3 Å². The van der Waals surface area contributed by atoms with E-state index in [9.17, 15) is 18.7 Å². The molecule has 1 aliphatic rings. The molecule has 1 fully saturated rings. The summed E-state index contributed by atoms with van der Waals surface area (Å²) in [6.45, 7) is 1.55. The molecule has 1 saturated heterocycles. The third-order valence-electron chi connectivity index (χ3n) is 4.87. The van der Waals surface area contributed by atoms with E-state index in [1.807, 2.05) is 4.90 Å². The lowest BCUT2D eigenvalue weighted by molar-refractivity contribution is -0.124. The van der Waals surface area contributed by atoms with E-state index >= 15 is 0 Å². The number of halogens is 2. The summed E-state index contributed by atoms with van der Waals surface area (Å²) in [5.41, 5.74) is -0.344. The largest absolute Gasteiger partial charge is 0.488 e. The van der Waals surface area contributed by atoms with E-state index < -0.39 is 11.4 Å². The molecule has 0 spiro atoms. The van der Waals surface area contributed by atoms with Gasteiger partial charge in [0.1, 0.15) is 18.0 Å². The maximum Gasteiger partial charge on any atom is 0.234 e. The standard InChI is InChI=1S/C21H24F2N2O3/c22-17-5-3-4-16(12-17)13-24-20(26)14-25-10-8-21(27,9-11-25)15-28-19-7-2-1-6-18(19)23/h1-7,12,27H,8-11,13-15H2,(H,24,26). The van der Waals surface area contributed by atoms with Gasteiger partial charge in [-0.3, -0.25) is 9.69 Å². The fourth-order valence-corrected chi connectivity index (χ4v) is 3.15. The summed E-state index contributed by atoms with van der Waals surface area (Å²) in [5, 5.41) is 13.4. The Labute approximate surface area is 162 Å². The third-order valence-corrected chi connectivity index (χ3v) is 4.87. The zero-order valence-corrected chi connectivity index (χ0v) is 15.5. The van der Waals surface area contributed by atoms with E-state index in [-0.39, 0.29) is 37.2 Å². The van der Waals surface area contributed by atoms with Gasteiger partial charge < -0.3 is 15.2 Å². The maximum atomic E-state index is 13.6. The molecule has 3 rings (SSSR count). The number of aliphatic hydroxyl groups is 1. The highest BCUT2D eigenvalue weighted by Gasteiger charge is 2.33. The molecule has 2 aromatic rings. The second kappa shape index (κ2) is 9.12. The number of para-hydroxylation sites is 1. The van der Waals surface area contributed by atoms with Crippen LogP contribution in [0.2, 0.25) is 0 Å². The molecule has 0 radical (unpaired) electrons. The van der Waals surface area contributed by atoms with Gasteiger partial charge in [0.15, 0.2) is 11.6 Å². The molecule has 28 heavy (non-hydrogen) atoms. The monoisotopic (exact) mass is 390 g/mol. The minimum Gasteiger partial charge on any atom is -0.488 e. The summed E-state index contributed by atoms with van der Waals surface area (Å²) in [5.74, 6) is -0.828. The van der Waals surface area contributed by atoms with Gasteiger partial charge in [-0.2, -0.15) is 0 Å². The van der Waals surface area contributed by atoms with Crippen molar-refractivity contribution in [1.82, 2.24) is 10.2 Å². The SMILES string of the molecule is O=C(CN1CCC(O)(COc2ccccc2F)CC1)NCc1cccc(F)c1. The Morgan fingerprint density at radius 2 is 1.89 bits per heavy atom. The first kappa shape index (κ1) is 20.2. The van der Waals surface area contributed by atoms with Crippen LogP contribution < -0.4 is 10.1 Å². The van der Waals surface area contributed by atoms with Crippen LogP contribution in [0.25, 0.3) is 0 Å². The van der Waals surface area contributed by atoms with Crippen molar-refractivity contribution in [3.05, 3.63) is 65.7 Å². The highest BCUT2D eigenvalue weighted by atomic mass is 19.1. The van der Waals surface area contributed by atoms with Crippen molar-refractivity contribution < 1.29 is 23.4 Å². The zero-order chi connectivity index (χ0) is 20.0. The Bertz CT molecular complexity index is 808. The van der Waals surface area contributed by atoms with Gasteiger partial charge in [0, 0.05) is 19.6 Å². The molecule has 1 heterocycles. The number of benzene rings is 2. The number of nitrogens with one attached hydrogen (secondary N) is 1. The molecule has 0 aliphatic carbocycles. The van der Waals surface area contributed by atoms with Crippen LogP contribution in [0.15, 0.2) is 48.5 Å². The Balaban J connectivity index is 1.40. The molecule has 0 aromatic heterocycles. The highest BCUT2D eigenvalue weighted by Crippen LogP contribution is 2.24. The predicted molar refractivity (Wildman–Crippen MR) is 101 cm³/mol. The summed E-state index contributed by atoms with van der Waals surface area (Å²) >= 11 is 0. The van der Waals surface area contributed by atoms with E-state index in [1.54, 1.807) is 24.3 Å². The zero-order valence-electron chi connectivity index (χ0n) is 15.5. The van der Waals surface area contributed by atoms with Crippen molar-refractivity contribution in [3.8, 4) is 5.75 Å². The number of carbonyl (C=O) groups excluding carboxylic acids is 1. The van der Waals surface area contributed by atoms with Crippen molar-refractivity contribution in [2.24, 2.45) is 0 Å². The van der Waals surface area contributed by atoms with Crippen LogP contribution in [0.4, 0.5) is 8.78 Å². The molecular weight excluding hydrogens is 366 g/mol. The van der Waals surface area contributed by atoms with E-state index in [0.29, 0.717) is 31.5 Å². The number of likely N-dealkylation sites (tertiary alicyclic amines) is 1. The Kier molecular flexibility index (Phi) is 6.59. The number of carbonyl (C=O) groups is 1. The summed E-state index contributed by atoms with van der Waals surface area (Å²) in [6.07, 6.45) is 0.858. The maximum absolute atomic E-state index is 13.6. The summed E-state index contributed by atoms with van der Waals surface area (Å²) in [4.78, 5) is 14.0. The van der Waals surface area contributed by atoms with Crippen LogP contribution in [0, 0.1) is 11.6 Å². The molecule has 1 amide bonds. The molecule has 0 bridgehead atoms. The second-order valence-corrected chi connectivity index (χ2v) is 7.13. The van der Waals surface area contributed by atoms with Gasteiger partial charge >= 0.3 is 0 Å². The number of rotatable bonds is 7. The Morgan fingerprint density at radius 1 is 1.14 bits per heavy atom. The molecule has 150 valence electrons. The van der Waals surface area contributed by atoms with Crippen LogP contribution in [0.5, 0.6) is 5.75 Å². The van der Waals surface area contributed by atoms with E-state index in [4.69, 9.17) is 4.74 Å². The van der Waals surface area contributed by atoms with Crippen molar-refractivity contribution in [2.75, 3.05) is 26.2 Å². The van der Waals surface area contributed by atoms with Gasteiger partial charge in [0.2, 0.25) is 5.91 Å². The minimum atomic E-state index is -1.04. The smallest absolute Gasteiger partial charge is 0.234 e. The number of ether oxygens (including phenoxy) is 1. The van der Waals surface area contributed by atoms with Crippen molar-refractivity contribution >= 4 is 5.91 Å². The van der Waals surface area contributed by atoms with Crippen molar-refractivity contribution in [3.63, 3.8) is 0 Å². The van der Waals surface area contributed by atoms with Gasteiger partial charge in [-0.05, 0) is 42.7 Å². The second-order valence-electron chi connectivity index (χ2n) is 7.13. The number of piperidine rings is 1. The molecule has 0 saturated carbocycles. The average Bonchev–Trinajstić information content (AvgIpc) is 2.68. The highest BCUT2D eigenvalue weighted by molar-refractivity contribution is 5.78. The third kappa shape index (κ3) is 5.74. The molecular formula is C21H24F2N2O3. The topological polar surface area (TPSA) is 61.8 Å². The van der Waals surface area contributed by atoms with Crippen LogP contribution in [0.3, 0.4) is 0 Å². The number of hydrogen-bond donors (Lipinski definition) is 2. The van der Waals surface area contributed by atoms with Gasteiger partial charge in [-0.1, -0.05) is 24.3 Å². The normalized spacial score (nSPS) is 16.5. The first-order valence-corrected chi connectivity index (χ1v) is 9.27. The lowest BCUT2D eigenvalue weighted by Gasteiger charge is -2.37. The van der Waals surface area contributed by atoms with Crippen LogP contribution in [-0.2, 0) is 11.3 Å². The fourth-order valence-electron chi connectivity index (χ4n) is 3.15. The Hall–Kier alpha value is -2.51. The predicted octanol–water partition coefficient (Wildman–Crippen LogP) is 2.49. The average molecular weight is 390 g/mol. The fraction of sp³-hybridized carbons (Fsp3) is 0.381. The van der Waals surface area contributed by atoms with Gasteiger partial charge in [-0.25, -0.2) is 8.78 Å². The molecule has 5 nitrogen and oxygen atoms in total. The Morgan fingerprint density at radius 3 is 2.61 bits per heavy atom. The van der Waals surface area contributed by atoms with E-state index in [0.717, 1.165) is 0 Å². The van der Waals surface area contributed by atoms with Crippen molar-refractivity contribution in [2.45, 2.75) is 25.0 Å². The molecule has 0 unspecified atom stereocenters. The van der Waals surface area contributed by atoms with Gasteiger partial charge in [-0.15, -0.1) is 0 Å². The summed E-state index contributed by atoms with van der Waals surface area (Å²) in [7, 11) is 0. The molecule has 7 heteroatoms. The number of hydrogen-bond acceptors (Lipinski definition) is 4. The van der Waals surface area contributed by atoms with Gasteiger partial charge in [0.05, 0.1) is 6.54 Å². The lowest BCUT2D eigenvalue weighted by atomic mass is 9.92. The van der Waals surface area contributed by atoms with Crippen LogP contribution in [-0.4, -0.2) is 47.8 Å². The lowest BCUT2D eigenvalue weighted by Crippen LogP contribution is -2.50. The van der Waals surface area contributed by atoms with Crippen LogP contribution >= 0.6 is 0 Å².